The number of hydrogen-bond acceptors (Lipinski definition) is 22. The number of carbonyl (C=O) groups is 4. The number of nitrogens with one attached hydrogen (secondary N) is 4. The molecule has 562 valence electrons. The Labute approximate surface area is 674 Å². The van der Waals surface area contributed by atoms with Crippen molar-refractivity contribution in [2.75, 3.05) is 0 Å². The van der Waals surface area contributed by atoms with E-state index in [2.05, 4.69) is 42.1 Å². The number of phenols is 4. The van der Waals surface area contributed by atoms with Crippen LogP contribution >= 0.6 is 0 Å². The van der Waals surface area contributed by atoms with E-state index >= 15 is 0 Å². The van der Waals surface area contributed by atoms with Gasteiger partial charge in [0.25, 0.3) is 23.6 Å². The van der Waals surface area contributed by atoms with Crippen LogP contribution in [0.25, 0.3) is 89.7 Å². The first-order valence-corrected chi connectivity index (χ1v) is 35.6. The minimum absolute atomic E-state index is 0. The van der Waals surface area contributed by atoms with Gasteiger partial charge in [0.15, 0.2) is 0 Å². The number of benzene rings is 12. The molecule has 0 unspecified atom stereocenters. The van der Waals surface area contributed by atoms with E-state index in [1.807, 2.05) is 6.07 Å². The van der Waals surface area contributed by atoms with Crippen LogP contribution in [0.1, 0.15) is 63.7 Å². The summed E-state index contributed by atoms with van der Waals surface area (Å²) in [6.45, 7) is 0. The zero-order valence-electron chi connectivity index (χ0n) is 60.8. The fourth-order valence-electron chi connectivity index (χ4n) is 12.7. The van der Waals surface area contributed by atoms with Gasteiger partial charge in [0.1, 0.15) is 69.0 Å². The summed E-state index contributed by atoms with van der Waals surface area (Å²) in [5.41, 5.74) is 14.1. The Hall–Kier alpha value is -16.4. The van der Waals surface area contributed by atoms with Crippen LogP contribution in [0.3, 0.4) is 0 Å². The number of ether oxygens (including phenoxy) is 4. The van der Waals surface area contributed by atoms with E-state index in [1.54, 1.807) is 212 Å². The van der Waals surface area contributed by atoms with Gasteiger partial charge in [-0.25, -0.2) is 31.7 Å². The van der Waals surface area contributed by atoms with E-state index in [-0.39, 0.29) is 122 Å². The Morgan fingerprint density at radius 2 is 0.650 bits per heavy atom. The van der Waals surface area contributed by atoms with Crippen molar-refractivity contribution in [2.45, 2.75) is 0 Å². The molecule has 28 nitrogen and oxygen atoms in total. The molecule has 0 aliphatic carbocycles. The number of amides is 4. The molecule has 8 N–H and O–H groups in total. The third kappa shape index (κ3) is 15.7. The van der Waals surface area contributed by atoms with Crippen molar-refractivity contribution in [1.82, 2.24) is 61.6 Å². The number of rotatable bonds is 20. The molecule has 2 aliphatic heterocycles. The summed E-state index contributed by atoms with van der Waals surface area (Å²) < 4.78 is 27.1. The van der Waals surface area contributed by atoms with Gasteiger partial charge >= 0.3 is 19.5 Å². The molecule has 15 aromatic rings. The Balaban J connectivity index is 0.0000102. The van der Waals surface area contributed by atoms with E-state index in [0.29, 0.717) is 101 Å². The van der Waals surface area contributed by atoms with Crippen LogP contribution in [0.2, 0.25) is 0 Å². The number of phenolic OH excluding ortho intramolecular Hbond substituents is 4. The van der Waals surface area contributed by atoms with Gasteiger partial charge in [-0.3, -0.25) is 19.2 Å². The maximum Gasteiger partial charge on any atom is 2.00 e. The Morgan fingerprint density at radius 3 is 1.14 bits per heavy atom. The molecular weight excluding hydrogens is 1540 g/mol. The maximum atomic E-state index is 13.2. The smallest absolute Gasteiger partial charge is 0.507 e. The molecule has 0 atom stereocenters. The van der Waals surface area contributed by atoms with Gasteiger partial charge in [-0.15, -0.1) is 0 Å². The van der Waals surface area contributed by atoms with Crippen molar-refractivity contribution in [3.63, 3.8) is 0 Å². The zero-order valence-corrected chi connectivity index (χ0v) is 63.8. The van der Waals surface area contributed by atoms with Crippen molar-refractivity contribution in [2.24, 2.45) is 20.4 Å². The summed E-state index contributed by atoms with van der Waals surface area (Å²) in [5, 5.41) is 60.2. The summed E-state index contributed by atoms with van der Waals surface area (Å²) >= 11 is 0. The molecule has 5 heterocycles. The maximum absolute atomic E-state index is 13.2. The van der Waals surface area contributed by atoms with Crippen molar-refractivity contribution >= 4 is 92.6 Å². The van der Waals surface area contributed by atoms with Crippen LogP contribution in [-0.2, 0) is 19.5 Å². The molecule has 17 rings (SSSR count). The molecule has 3 aromatic heterocycles. The number of hydrogen-bond donors (Lipinski definition) is 8. The average Bonchev–Trinajstić information content (AvgIpc) is 1.59. The molecule has 8 bridgehead atoms. The third-order valence-corrected chi connectivity index (χ3v) is 18.3. The zero-order chi connectivity index (χ0) is 79.2. The van der Waals surface area contributed by atoms with Crippen LogP contribution < -0.4 is 50.6 Å². The van der Waals surface area contributed by atoms with Crippen molar-refractivity contribution in [1.29, 1.82) is 0 Å². The predicted octanol–water partition coefficient (Wildman–Crippen LogP) is 15.2. The summed E-state index contributed by atoms with van der Waals surface area (Å²) in [4.78, 5) is 94.6. The van der Waals surface area contributed by atoms with Crippen LogP contribution in [-0.4, -0.2) is 98.8 Å². The van der Waals surface area contributed by atoms with E-state index in [0.717, 1.165) is 0 Å². The van der Waals surface area contributed by atoms with Gasteiger partial charge in [-0.05, 0) is 162 Å². The van der Waals surface area contributed by atoms with E-state index < -0.39 is 23.6 Å². The molecule has 117 heavy (non-hydrogen) atoms. The number of aromatic nitrogens is 8. The van der Waals surface area contributed by atoms with Gasteiger partial charge in [0, 0.05) is 66.9 Å². The number of nitrogens with zero attached hydrogens (tertiary/aromatic N) is 12. The van der Waals surface area contributed by atoms with Crippen LogP contribution in [0.15, 0.2) is 287 Å². The minimum atomic E-state index is -0.652. The van der Waals surface area contributed by atoms with Crippen molar-refractivity contribution in [3.05, 3.63) is 311 Å². The molecule has 4 amide bonds. The topological polar surface area (TPSA) is 389 Å². The predicted molar refractivity (Wildman–Crippen MR) is 433 cm³/mol. The van der Waals surface area contributed by atoms with Crippen LogP contribution in [0.5, 0.6) is 69.0 Å². The van der Waals surface area contributed by atoms with Gasteiger partial charge in [-0.1, -0.05) is 121 Å². The molecule has 0 saturated carbocycles. The monoisotopic (exact) mass is 1590 g/mol. The standard InChI is InChI=1S/C88H58N16O12.Zn/c105-65-29-9-5-23-57(65)85(109)101-89-45-49-19-1-13-33-69(49)113-53-39-41-55-63(43-53)81-94-77(55)93-79-61-27-17-37-73(115-71-35-15-3-21-51(71)47-91-103-87(111)59-25-7-11-31-67(59)107)75(61)83(98-79)100-84-76-62(28-18-38-74(76)116-72-36-16-4-22-52(72)48-92-104-88(112)60-26-8-12-32-68(60)108)80(99-84)97-82-64-44-54(40-42-56(64)78(95-81)96-82)114-70-34-14-2-20-50(70)46-90-102-86(110)58-24-6-10-30-66(58)106;/h1-48H,(H10,93,94,95,96,97,98,99,100,101,102,103,104,105,106,107,108,109,110,111,112);/q;+2/p-2/b89-45+,90-46+,91-47-,92-48+;. The van der Waals surface area contributed by atoms with E-state index in [4.69, 9.17) is 58.8 Å². The van der Waals surface area contributed by atoms with Gasteiger partial charge < -0.3 is 69.3 Å². The molecule has 0 fully saturated rings. The first-order valence-electron chi connectivity index (χ1n) is 35.6. The molecule has 0 spiro atoms. The summed E-state index contributed by atoms with van der Waals surface area (Å²) in [6.07, 6.45) is 5.64. The van der Waals surface area contributed by atoms with Crippen LogP contribution in [0, 0.1) is 0 Å². The quantitative estimate of drug-likeness (QED) is 0.0200. The normalized spacial score (nSPS) is 11.5. The van der Waals surface area contributed by atoms with Gasteiger partial charge in [0.2, 0.25) is 0 Å². The molecule has 2 aliphatic rings. The summed E-state index contributed by atoms with van der Waals surface area (Å²) in [5.74, 6) is -0.513. The Morgan fingerprint density at radius 1 is 0.299 bits per heavy atom. The van der Waals surface area contributed by atoms with Gasteiger partial charge in [0.05, 0.1) is 76.0 Å². The first-order chi connectivity index (χ1) is 56.8. The third-order valence-electron chi connectivity index (χ3n) is 18.3. The fraction of sp³-hybridized carbons (Fsp3) is 0. The van der Waals surface area contributed by atoms with E-state index in [9.17, 15) is 39.6 Å². The minimum Gasteiger partial charge on any atom is -0.507 e. The number of aromatic hydroxyl groups is 4. The van der Waals surface area contributed by atoms with Crippen molar-refractivity contribution in [3.8, 4) is 115 Å². The second-order valence-electron chi connectivity index (χ2n) is 25.7. The fourth-order valence-corrected chi connectivity index (χ4v) is 12.7. The van der Waals surface area contributed by atoms with Crippen LogP contribution in [0.4, 0.5) is 0 Å². The number of para-hydroxylation sites is 8. The molecule has 0 radical (unpaired) electrons. The number of carbonyl (C=O) groups excluding carboxylic acids is 4. The number of hydrazone groups is 4. The first kappa shape index (κ1) is 74.7. The van der Waals surface area contributed by atoms with Crippen molar-refractivity contribution < 1.29 is 78.0 Å². The van der Waals surface area contributed by atoms with Gasteiger partial charge in [-0.2, -0.15) is 20.4 Å². The summed E-state index contributed by atoms with van der Waals surface area (Å²) in [7, 11) is 0. The second-order valence-corrected chi connectivity index (χ2v) is 25.7. The second kappa shape index (κ2) is 32.9. The molecule has 12 aromatic carbocycles. The molecule has 29 heteroatoms. The largest absolute Gasteiger partial charge is 2.00 e. The average molecular weight is 1590 g/mol. The SMILES string of the molecule is O=C(N/N=C\c1ccccc1Oc1cccc2c1-c1nc-2nc2[n-]c(nc3nc(nc4[n-]c(n1)c1c(Oc5ccccc5/C=N/NC(=O)c5ccccc5O)cccc41)-c1cc(Oc4ccccc4/C=N/NC(=O)c4ccccc4O)ccc1-3)c1cc(Oc3ccccc3/C=N/NC(=O)c3ccccc3O)ccc21)c1ccccc1O.[Zn+2]. The van der Waals surface area contributed by atoms with E-state index in [1.165, 1.54) is 73.4 Å². The Kier molecular flexibility index (Phi) is 21.0. The molecular formula is C88H56N16O12Zn. The molecule has 0 saturated heterocycles. The summed E-state index contributed by atoms with van der Waals surface area (Å²) in [6, 6.07) is 73.5. The number of fused-ring (bicyclic) bond motifs is 20. The Bertz CT molecular complexity index is 6830.